The molecule has 0 aromatic carbocycles. The van der Waals surface area contributed by atoms with Gasteiger partial charge in [-0.3, -0.25) is 18.6 Å². The number of carbonyl (C=O) groups is 2. The third kappa shape index (κ3) is 62.4. The van der Waals surface area contributed by atoms with E-state index in [-0.39, 0.29) is 26.1 Å². The summed E-state index contributed by atoms with van der Waals surface area (Å²) in [4.78, 5) is 35.6. The zero-order chi connectivity index (χ0) is 57.0. The molecular formula is C68H123NO8P+. The average Bonchev–Trinajstić information content (AvgIpc) is 3.40. The number of hydrogen-bond acceptors (Lipinski definition) is 7. The number of nitrogens with zero attached hydrogens (tertiary/aromatic N) is 1. The third-order valence-electron chi connectivity index (χ3n) is 13.9. The number of unbranched alkanes of at least 4 members (excludes halogenated alkanes) is 31. The highest BCUT2D eigenvalue weighted by Gasteiger charge is 2.27. The van der Waals surface area contributed by atoms with Crippen molar-refractivity contribution in [1.82, 2.24) is 0 Å². The standard InChI is InChI=1S/C68H122NO8P/c1-6-8-10-12-14-16-18-20-21-22-23-24-25-26-27-28-29-30-31-32-33-34-35-36-37-38-39-40-41-42-43-44-45-46-47-49-51-53-55-57-59-61-68(71)77-66(65-76-78(72,73)75-63-62-69(3,4)5)64-74-67(70)60-58-56-54-52-50-48-19-17-15-13-11-9-7-2/h8-11,14-17,20-21,23-24,48,50,66H,6-7,12-13,18-19,22,25-47,49,51-65H2,1-5H3/p+1/b10-8-,11-9-,16-14-,17-15-,21-20-,24-23-,50-48-. The van der Waals surface area contributed by atoms with Crippen LogP contribution < -0.4 is 0 Å². The minimum Gasteiger partial charge on any atom is -0.462 e. The van der Waals surface area contributed by atoms with Gasteiger partial charge in [0.15, 0.2) is 6.10 Å². The molecule has 0 aliphatic rings. The quantitative estimate of drug-likeness (QED) is 0.0211. The molecule has 0 bridgehead atoms. The molecule has 0 saturated heterocycles. The Bertz CT molecular complexity index is 1590. The second kappa shape index (κ2) is 58.8. The van der Waals surface area contributed by atoms with Gasteiger partial charge in [0.1, 0.15) is 19.8 Å². The molecule has 0 spiro atoms. The largest absolute Gasteiger partial charge is 0.472 e. The molecular weight excluding hydrogens is 990 g/mol. The fraction of sp³-hybridized carbons (Fsp3) is 0.765. The van der Waals surface area contributed by atoms with E-state index in [2.05, 4.69) is 98.9 Å². The predicted molar refractivity (Wildman–Crippen MR) is 335 cm³/mol. The van der Waals surface area contributed by atoms with Gasteiger partial charge in [-0.2, -0.15) is 0 Å². The lowest BCUT2D eigenvalue weighted by atomic mass is 10.0. The fourth-order valence-corrected chi connectivity index (χ4v) is 9.77. The predicted octanol–water partition coefficient (Wildman–Crippen LogP) is 20.6. The number of allylic oxidation sites excluding steroid dienone is 14. The number of phosphoric acid groups is 1. The maximum Gasteiger partial charge on any atom is 0.472 e. The van der Waals surface area contributed by atoms with E-state index < -0.39 is 32.5 Å². The zero-order valence-electron chi connectivity index (χ0n) is 51.4. The monoisotopic (exact) mass is 1110 g/mol. The van der Waals surface area contributed by atoms with Crippen LogP contribution in [0.15, 0.2) is 85.1 Å². The first kappa shape index (κ1) is 75.2. The van der Waals surface area contributed by atoms with E-state index in [0.29, 0.717) is 23.9 Å². The summed E-state index contributed by atoms with van der Waals surface area (Å²) in [5, 5.41) is 0. The molecule has 0 amide bonds. The van der Waals surface area contributed by atoms with Crippen LogP contribution in [0.1, 0.15) is 284 Å². The highest BCUT2D eigenvalue weighted by molar-refractivity contribution is 7.47. The Morgan fingerprint density at radius 1 is 0.397 bits per heavy atom. The Balaban J connectivity index is 3.86. The van der Waals surface area contributed by atoms with Crippen LogP contribution in [0.3, 0.4) is 0 Å². The number of likely N-dealkylation sites (N-methyl/N-ethyl adjacent to an activating group) is 1. The topological polar surface area (TPSA) is 108 Å². The summed E-state index contributed by atoms with van der Waals surface area (Å²) in [7, 11) is 1.46. The van der Waals surface area contributed by atoms with Crippen molar-refractivity contribution in [1.29, 1.82) is 0 Å². The van der Waals surface area contributed by atoms with Crippen molar-refractivity contribution in [3.8, 4) is 0 Å². The van der Waals surface area contributed by atoms with Crippen LogP contribution in [-0.4, -0.2) is 74.9 Å². The average molecular weight is 1110 g/mol. The van der Waals surface area contributed by atoms with E-state index in [9.17, 15) is 19.0 Å². The van der Waals surface area contributed by atoms with Crippen molar-refractivity contribution in [3.05, 3.63) is 85.1 Å². The van der Waals surface area contributed by atoms with Gasteiger partial charge in [0.25, 0.3) is 0 Å². The Morgan fingerprint density at radius 3 is 1.04 bits per heavy atom. The van der Waals surface area contributed by atoms with Crippen LogP contribution in [-0.2, 0) is 32.7 Å². The van der Waals surface area contributed by atoms with Crippen LogP contribution >= 0.6 is 7.82 Å². The number of rotatable bonds is 59. The van der Waals surface area contributed by atoms with Gasteiger partial charge >= 0.3 is 19.8 Å². The molecule has 2 atom stereocenters. The summed E-state index contributed by atoms with van der Waals surface area (Å²) < 4.78 is 34.5. The maximum absolute atomic E-state index is 12.8. The van der Waals surface area contributed by atoms with Gasteiger partial charge in [-0.25, -0.2) is 4.57 Å². The normalized spacial score (nSPS) is 13.8. The zero-order valence-corrected chi connectivity index (χ0v) is 52.3. The van der Waals surface area contributed by atoms with Crippen molar-refractivity contribution < 1.29 is 42.1 Å². The molecule has 0 aromatic heterocycles. The van der Waals surface area contributed by atoms with Crippen LogP contribution in [0.2, 0.25) is 0 Å². The Kier molecular flexibility index (Phi) is 56.7. The van der Waals surface area contributed by atoms with Crippen LogP contribution in [0.5, 0.6) is 0 Å². The van der Waals surface area contributed by atoms with Gasteiger partial charge in [-0.05, 0) is 83.5 Å². The SMILES string of the molecule is CC/C=C\C/C=C\C/C=C\C/C=C\CCCCCCCCCCCCCCCCCCCCCCCCCCCCCCC(=O)OC(COC(=O)CCCCC/C=C\C/C=C\C/C=C\CC)COP(=O)(O)OCC[N+](C)(C)C. The van der Waals surface area contributed by atoms with Crippen molar-refractivity contribution in [2.75, 3.05) is 47.5 Å². The molecule has 0 fully saturated rings. The summed E-state index contributed by atoms with van der Waals surface area (Å²) in [6.45, 7) is 4.19. The molecule has 0 aromatic rings. The summed E-state index contributed by atoms with van der Waals surface area (Å²) in [5.74, 6) is -0.825. The van der Waals surface area contributed by atoms with Gasteiger partial charge < -0.3 is 18.9 Å². The molecule has 0 saturated carbocycles. The van der Waals surface area contributed by atoms with E-state index in [4.69, 9.17) is 18.5 Å². The number of esters is 2. The Hall–Kier alpha value is -2.81. The first-order chi connectivity index (χ1) is 38.0. The maximum atomic E-state index is 12.8. The molecule has 1 N–H and O–H groups in total. The minimum atomic E-state index is -4.39. The second-order valence-electron chi connectivity index (χ2n) is 22.7. The molecule has 0 heterocycles. The van der Waals surface area contributed by atoms with Crippen molar-refractivity contribution >= 4 is 19.8 Å². The van der Waals surface area contributed by atoms with Gasteiger partial charge in [-0.1, -0.05) is 272 Å². The highest BCUT2D eigenvalue weighted by atomic mass is 31.2. The Morgan fingerprint density at radius 2 is 0.692 bits per heavy atom. The van der Waals surface area contributed by atoms with E-state index in [0.717, 1.165) is 77.0 Å². The van der Waals surface area contributed by atoms with Crippen molar-refractivity contribution in [3.63, 3.8) is 0 Å². The minimum absolute atomic E-state index is 0.0260. The number of carbonyl (C=O) groups excluding carboxylic acids is 2. The molecule has 0 aliphatic carbocycles. The summed E-state index contributed by atoms with van der Waals surface area (Å²) in [6.07, 6.45) is 80.0. The molecule has 0 aliphatic heterocycles. The van der Waals surface area contributed by atoms with Crippen molar-refractivity contribution in [2.45, 2.75) is 290 Å². The lowest BCUT2D eigenvalue weighted by molar-refractivity contribution is -0.870. The number of ether oxygens (including phenoxy) is 2. The first-order valence-corrected chi connectivity index (χ1v) is 33.8. The molecule has 78 heavy (non-hydrogen) atoms. The third-order valence-corrected chi connectivity index (χ3v) is 14.9. The van der Waals surface area contributed by atoms with E-state index in [1.807, 2.05) is 21.1 Å². The van der Waals surface area contributed by atoms with Crippen LogP contribution in [0.25, 0.3) is 0 Å². The van der Waals surface area contributed by atoms with Gasteiger partial charge in [0.05, 0.1) is 27.7 Å². The molecule has 9 nitrogen and oxygen atoms in total. The van der Waals surface area contributed by atoms with Crippen LogP contribution in [0.4, 0.5) is 0 Å². The molecule has 2 unspecified atom stereocenters. The summed E-state index contributed by atoms with van der Waals surface area (Å²) in [5.41, 5.74) is 0. The van der Waals surface area contributed by atoms with Crippen LogP contribution in [0, 0.1) is 0 Å². The number of quaternary nitrogens is 1. The number of phosphoric ester groups is 1. The smallest absolute Gasteiger partial charge is 0.462 e. The molecule has 452 valence electrons. The molecule has 0 radical (unpaired) electrons. The van der Waals surface area contributed by atoms with Gasteiger partial charge in [0.2, 0.25) is 0 Å². The lowest BCUT2D eigenvalue weighted by Gasteiger charge is -2.24. The van der Waals surface area contributed by atoms with Crippen molar-refractivity contribution in [2.24, 2.45) is 0 Å². The number of hydrogen-bond donors (Lipinski definition) is 1. The van der Waals surface area contributed by atoms with Gasteiger partial charge in [0, 0.05) is 12.8 Å². The highest BCUT2D eigenvalue weighted by Crippen LogP contribution is 2.43. The molecule has 0 rings (SSSR count). The second-order valence-corrected chi connectivity index (χ2v) is 24.2. The van der Waals surface area contributed by atoms with E-state index in [1.165, 1.54) is 167 Å². The lowest BCUT2D eigenvalue weighted by Crippen LogP contribution is -2.37. The van der Waals surface area contributed by atoms with E-state index >= 15 is 0 Å². The summed E-state index contributed by atoms with van der Waals surface area (Å²) in [6, 6.07) is 0. The summed E-state index contributed by atoms with van der Waals surface area (Å²) >= 11 is 0. The van der Waals surface area contributed by atoms with Gasteiger partial charge in [-0.15, -0.1) is 0 Å². The first-order valence-electron chi connectivity index (χ1n) is 32.3. The Labute approximate surface area is 481 Å². The fourth-order valence-electron chi connectivity index (χ4n) is 9.02. The molecule has 10 heteroatoms. The van der Waals surface area contributed by atoms with E-state index in [1.54, 1.807) is 0 Å².